The molecule has 8 nitrogen and oxygen atoms in total. The highest BCUT2D eigenvalue weighted by atomic mass is 16.2. The van der Waals surface area contributed by atoms with Crippen molar-refractivity contribution in [3.05, 3.63) is 36.7 Å². The summed E-state index contributed by atoms with van der Waals surface area (Å²) in [6.45, 7) is 1.69. The molecule has 132 valence electrons. The third-order valence-corrected chi connectivity index (χ3v) is 5.14. The number of imidazole rings is 1. The summed E-state index contributed by atoms with van der Waals surface area (Å²) in [4.78, 5) is 18.8. The Morgan fingerprint density at radius 1 is 1.15 bits per heavy atom. The van der Waals surface area contributed by atoms with Crippen LogP contribution in [0.2, 0.25) is 0 Å². The standard InChI is InChI=1S/C18H19N7O/c26-16-9-12(11-25(16)15-5-6-15)10-24-8-7-19-18(24)14-3-1-13(2-4-14)17-20-22-23-21-17/h1-4,7-8,12,15H,5-6,9-11H2,(H,20,21,22,23). The van der Waals surface area contributed by atoms with Gasteiger partial charge in [0.2, 0.25) is 11.7 Å². The highest BCUT2D eigenvalue weighted by Gasteiger charge is 2.39. The largest absolute Gasteiger partial charge is 0.339 e. The molecule has 2 aromatic heterocycles. The summed E-state index contributed by atoms with van der Waals surface area (Å²) in [6, 6.07) is 8.47. The topological polar surface area (TPSA) is 92.6 Å². The van der Waals surface area contributed by atoms with E-state index in [4.69, 9.17) is 0 Å². The summed E-state index contributed by atoms with van der Waals surface area (Å²) in [5.74, 6) is 2.16. The van der Waals surface area contributed by atoms with E-state index < -0.39 is 0 Å². The van der Waals surface area contributed by atoms with E-state index in [-0.39, 0.29) is 0 Å². The van der Waals surface area contributed by atoms with Crippen LogP contribution in [-0.4, -0.2) is 53.6 Å². The second-order valence-corrected chi connectivity index (χ2v) is 7.06. The predicted molar refractivity (Wildman–Crippen MR) is 93.7 cm³/mol. The van der Waals surface area contributed by atoms with Gasteiger partial charge in [0.1, 0.15) is 5.82 Å². The van der Waals surface area contributed by atoms with Crippen molar-refractivity contribution in [2.75, 3.05) is 6.54 Å². The van der Waals surface area contributed by atoms with Crippen molar-refractivity contribution < 1.29 is 4.79 Å². The maximum Gasteiger partial charge on any atom is 0.223 e. The third-order valence-electron chi connectivity index (χ3n) is 5.14. The number of H-pyrrole nitrogens is 1. The quantitative estimate of drug-likeness (QED) is 0.757. The molecule has 3 aromatic rings. The number of carbonyl (C=O) groups is 1. The van der Waals surface area contributed by atoms with Gasteiger partial charge in [-0.2, -0.15) is 5.21 Å². The van der Waals surface area contributed by atoms with Crippen LogP contribution in [0.25, 0.3) is 22.8 Å². The molecular weight excluding hydrogens is 330 g/mol. The Morgan fingerprint density at radius 3 is 2.69 bits per heavy atom. The Labute approximate surface area is 150 Å². The minimum absolute atomic E-state index is 0.309. The first kappa shape index (κ1) is 15.2. The van der Waals surface area contributed by atoms with Gasteiger partial charge in [0.15, 0.2) is 0 Å². The lowest BCUT2D eigenvalue weighted by molar-refractivity contribution is -0.128. The highest BCUT2D eigenvalue weighted by molar-refractivity contribution is 5.79. The van der Waals surface area contributed by atoms with Gasteiger partial charge in [-0.1, -0.05) is 24.3 Å². The van der Waals surface area contributed by atoms with E-state index in [9.17, 15) is 4.79 Å². The zero-order valence-electron chi connectivity index (χ0n) is 14.2. The molecule has 0 bridgehead atoms. The van der Waals surface area contributed by atoms with Gasteiger partial charge in [0.05, 0.1) is 0 Å². The van der Waals surface area contributed by atoms with Crippen LogP contribution < -0.4 is 0 Å². The number of nitrogens with zero attached hydrogens (tertiary/aromatic N) is 6. The third kappa shape index (κ3) is 2.77. The number of rotatable bonds is 5. The first-order valence-corrected chi connectivity index (χ1v) is 8.93. The van der Waals surface area contributed by atoms with Crippen molar-refractivity contribution in [2.45, 2.75) is 31.8 Å². The number of likely N-dealkylation sites (tertiary alicyclic amines) is 1. The molecule has 8 heteroatoms. The molecule has 26 heavy (non-hydrogen) atoms. The van der Waals surface area contributed by atoms with E-state index in [0.29, 0.717) is 30.1 Å². The van der Waals surface area contributed by atoms with Crippen molar-refractivity contribution in [3.8, 4) is 22.8 Å². The van der Waals surface area contributed by atoms with Crippen molar-refractivity contribution in [1.29, 1.82) is 0 Å². The van der Waals surface area contributed by atoms with Gasteiger partial charge in [0, 0.05) is 55.0 Å². The summed E-state index contributed by atoms with van der Waals surface area (Å²) in [5.41, 5.74) is 1.94. The molecule has 1 saturated heterocycles. The zero-order chi connectivity index (χ0) is 17.5. The molecule has 1 aromatic carbocycles. The second-order valence-electron chi connectivity index (χ2n) is 7.06. The molecule has 2 aliphatic rings. The van der Waals surface area contributed by atoms with E-state index in [0.717, 1.165) is 30.0 Å². The van der Waals surface area contributed by atoms with Crippen molar-refractivity contribution in [3.63, 3.8) is 0 Å². The molecule has 1 aliphatic carbocycles. The fourth-order valence-electron chi connectivity index (χ4n) is 3.72. The van der Waals surface area contributed by atoms with E-state index in [1.165, 1.54) is 12.8 Å². The molecule has 1 N–H and O–H groups in total. The van der Waals surface area contributed by atoms with Gasteiger partial charge < -0.3 is 9.47 Å². The van der Waals surface area contributed by atoms with Gasteiger partial charge >= 0.3 is 0 Å². The molecule has 1 amide bonds. The van der Waals surface area contributed by atoms with Gasteiger partial charge in [-0.15, -0.1) is 10.2 Å². The SMILES string of the molecule is O=C1CC(Cn2ccnc2-c2ccc(-c3nn[nH]n3)cc2)CN1C1CC1. The molecule has 1 atom stereocenters. The van der Waals surface area contributed by atoms with Crippen LogP contribution in [0.5, 0.6) is 0 Å². The van der Waals surface area contributed by atoms with Gasteiger partial charge in [0.25, 0.3) is 0 Å². The van der Waals surface area contributed by atoms with Crippen molar-refractivity contribution in [2.24, 2.45) is 5.92 Å². The number of aromatic nitrogens is 6. The molecule has 0 radical (unpaired) electrons. The molecule has 0 spiro atoms. The summed E-state index contributed by atoms with van der Waals surface area (Å²) < 4.78 is 2.15. The molecular formula is C18H19N7O. The Morgan fingerprint density at radius 2 is 1.96 bits per heavy atom. The fourth-order valence-corrected chi connectivity index (χ4v) is 3.72. The molecule has 2 fully saturated rings. The lowest BCUT2D eigenvalue weighted by atomic mass is 10.1. The Hall–Kier alpha value is -3.03. The van der Waals surface area contributed by atoms with Crippen LogP contribution in [0.15, 0.2) is 36.7 Å². The monoisotopic (exact) mass is 349 g/mol. The minimum atomic E-state index is 0.309. The Balaban J connectivity index is 1.33. The summed E-state index contributed by atoms with van der Waals surface area (Å²) in [6.07, 6.45) is 6.79. The maximum atomic E-state index is 12.2. The summed E-state index contributed by atoms with van der Waals surface area (Å²) in [5, 5.41) is 14.0. The lowest BCUT2D eigenvalue weighted by Crippen LogP contribution is -2.27. The molecule has 3 heterocycles. The van der Waals surface area contributed by atoms with Crippen molar-refractivity contribution >= 4 is 5.91 Å². The molecule has 1 unspecified atom stereocenters. The number of carbonyl (C=O) groups excluding carboxylic acids is 1. The lowest BCUT2D eigenvalue weighted by Gasteiger charge is -2.16. The maximum absolute atomic E-state index is 12.2. The van der Waals surface area contributed by atoms with Crippen LogP contribution in [-0.2, 0) is 11.3 Å². The predicted octanol–water partition coefficient (Wildman–Crippen LogP) is 1.74. The molecule has 5 rings (SSSR count). The van der Waals surface area contributed by atoms with Gasteiger partial charge in [-0.05, 0) is 18.1 Å². The first-order valence-electron chi connectivity index (χ1n) is 8.93. The number of benzene rings is 1. The van der Waals surface area contributed by atoms with E-state index in [1.54, 1.807) is 0 Å². The van der Waals surface area contributed by atoms with E-state index in [1.807, 2.05) is 36.7 Å². The van der Waals surface area contributed by atoms with Crippen LogP contribution >= 0.6 is 0 Å². The first-order chi connectivity index (χ1) is 12.8. The number of amides is 1. The van der Waals surface area contributed by atoms with Crippen LogP contribution in [0.4, 0.5) is 0 Å². The highest BCUT2D eigenvalue weighted by Crippen LogP contribution is 2.33. The van der Waals surface area contributed by atoms with E-state index in [2.05, 4.69) is 35.1 Å². The second kappa shape index (κ2) is 6.05. The fraction of sp³-hybridized carbons (Fsp3) is 0.389. The number of hydrogen-bond donors (Lipinski definition) is 1. The number of nitrogens with one attached hydrogen (secondary N) is 1. The Bertz CT molecular complexity index is 911. The number of aromatic amines is 1. The Kier molecular flexibility index (Phi) is 3.55. The smallest absolute Gasteiger partial charge is 0.223 e. The van der Waals surface area contributed by atoms with Gasteiger partial charge in [-0.3, -0.25) is 4.79 Å². The van der Waals surface area contributed by atoms with E-state index >= 15 is 0 Å². The summed E-state index contributed by atoms with van der Waals surface area (Å²) >= 11 is 0. The summed E-state index contributed by atoms with van der Waals surface area (Å²) in [7, 11) is 0. The molecule has 1 saturated carbocycles. The average Bonchev–Trinajstić information content (AvgIpc) is 3.05. The normalized spacial score (nSPS) is 20.1. The number of hydrogen-bond acceptors (Lipinski definition) is 5. The van der Waals surface area contributed by atoms with Gasteiger partial charge in [-0.25, -0.2) is 4.98 Å². The van der Waals surface area contributed by atoms with Crippen LogP contribution in [0.3, 0.4) is 0 Å². The van der Waals surface area contributed by atoms with Crippen LogP contribution in [0.1, 0.15) is 19.3 Å². The zero-order valence-corrected chi connectivity index (χ0v) is 14.2. The average molecular weight is 349 g/mol. The van der Waals surface area contributed by atoms with Crippen LogP contribution in [0, 0.1) is 5.92 Å². The van der Waals surface area contributed by atoms with Crippen molar-refractivity contribution in [1.82, 2.24) is 35.1 Å². The molecule has 1 aliphatic heterocycles. The minimum Gasteiger partial charge on any atom is -0.339 e. The number of tetrazole rings is 1.